The van der Waals surface area contributed by atoms with Gasteiger partial charge >= 0.3 is 0 Å². The maximum atomic E-state index is 8.91. The third kappa shape index (κ3) is 6.19. The van der Waals surface area contributed by atoms with Gasteiger partial charge in [0.1, 0.15) is 0 Å². The van der Waals surface area contributed by atoms with Crippen LogP contribution in [0, 0.1) is 0 Å². The Hall–Kier alpha value is 0.310. The van der Waals surface area contributed by atoms with Gasteiger partial charge in [-0.1, -0.05) is 6.92 Å². The van der Waals surface area contributed by atoms with E-state index in [4.69, 9.17) is 9.42 Å². The van der Waals surface area contributed by atoms with Gasteiger partial charge in [0.25, 0.3) is 8.53 Å². The molecule has 0 aliphatic heterocycles. The third-order valence-electron chi connectivity index (χ3n) is 0.748. The van der Waals surface area contributed by atoms with E-state index < -0.39 is 8.53 Å². The van der Waals surface area contributed by atoms with Gasteiger partial charge < -0.3 is 9.42 Å². The first kappa shape index (κ1) is 9.31. The summed E-state index contributed by atoms with van der Waals surface area (Å²) in [6.45, 7) is 5.29. The molecule has 1 atom stereocenters. The van der Waals surface area contributed by atoms with E-state index in [1.54, 1.807) is 0 Å². The first-order valence-corrected chi connectivity index (χ1v) is 4.37. The summed E-state index contributed by atoms with van der Waals surface area (Å²) < 4.78 is 4.85. The van der Waals surface area contributed by atoms with Crippen molar-refractivity contribution in [1.29, 1.82) is 0 Å². The van der Waals surface area contributed by atoms with E-state index in [0.717, 1.165) is 13.0 Å². The quantitative estimate of drug-likeness (QED) is 0.581. The minimum Gasteiger partial charge on any atom is -0.338 e. The fourth-order valence-corrected chi connectivity index (χ4v) is 1.13. The number of nitrogens with one attached hydrogen (secondary N) is 1. The molecule has 0 radical (unpaired) electrons. The molecule has 0 saturated carbocycles. The van der Waals surface area contributed by atoms with Crippen molar-refractivity contribution < 1.29 is 9.42 Å². The van der Waals surface area contributed by atoms with E-state index in [9.17, 15) is 0 Å². The number of rotatable bonds is 5. The molecular weight excluding hydrogens is 137 g/mol. The Bertz CT molecular complexity index is 62.9. The highest BCUT2D eigenvalue weighted by Crippen LogP contribution is 2.24. The molecule has 3 nitrogen and oxygen atoms in total. The lowest BCUT2D eigenvalue weighted by molar-refractivity contribution is 0.321. The van der Waals surface area contributed by atoms with Crippen LogP contribution in [0.15, 0.2) is 0 Å². The molecule has 0 saturated heterocycles. The third-order valence-corrected chi connectivity index (χ3v) is 1.75. The molecule has 0 aromatic rings. The molecule has 2 N–H and O–H groups in total. The van der Waals surface area contributed by atoms with Crippen LogP contribution >= 0.6 is 8.53 Å². The molecule has 0 aliphatic rings. The summed E-state index contributed by atoms with van der Waals surface area (Å²) in [5.41, 5.74) is 0. The van der Waals surface area contributed by atoms with Crippen LogP contribution < -0.4 is 5.09 Å². The molecule has 0 aromatic heterocycles. The lowest BCUT2D eigenvalue weighted by Crippen LogP contribution is -2.08. The predicted molar refractivity (Wildman–Crippen MR) is 39.1 cm³/mol. The van der Waals surface area contributed by atoms with Crippen molar-refractivity contribution in [3.8, 4) is 0 Å². The Morgan fingerprint density at radius 2 is 2.22 bits per heavy atom. The van der Waals surface area contributed by atoms with Crippen LogP contribution in [0.5, 0.6) is 0 Å². The molecular formula is C5H14NO2P. The highest BCUT2D eigenvalue weighted by atomic mass is 31.2. The van der Waals surface area contributed by atoms with Crippen molar-refractivity contribution >= 4 is 8.53 Å². The van der Waals surface area contributed by atoms with Crippen molar-refractivity contribution in [2.24, 2.45) is 0 Å². The summed E-state index contributed by atoms with van der Waals surface area (Å²) in [4.78, 5) is 8.91. The minimum atomic E-state index is -1.34. The first-order valence-electron chi connectivity index (χ1n) is 3.16. The standard InChI is InChI=1S/C5H14NO2P/c1-3-5-6-9(7)8-4-2/h6-7H,3-5H2,1-2H3/t9-/m0/s1. The molecule has 0 unspecified atom stereocenters. The second kappa shape index (κ2) is 6.43. The molecule has 0 bridgehead atoms. The van der Waals surface area contributed by atoms with Crippen molar-refractivity contribution in [3.05, 3.63) is 0 Å². The van der Waals surface area contributed by atoms with Gasteiger partial charge in [0.15, 0.2) is 0 Å². The van der Waals surface area contributed by atoms with Crippen molar-refractivity contribution in [1.82, 2.24) is 5.09 Å². The normalized spacial score (nSPS) is 13.7. The number of hydrogen-bond donors (Lipinski definition) is 2. The zero-order chi connectivity index (χ0) is 7.11. The van der Waals surface area contributed by atoms with Crippen LogP contribution in [0.2, 0.25) is 0 Å². The van der Waals surface area contributed by atoms with Gasteiger partial charge in [0, 0.05) is 6.54 Å². The maximum Gasteiger partial charge on any atom is 0.253 e. The maximum absolute atomic E-state index is 8.91. The van der Waals surface area contributed by atoms with Crippen LogP contribution in [-0.2, 0) is 4.52 Å². The highest BCUT2D eigenvalue weighted by Gasteiger charge is 1.99. The summed E-state index contributed by atoms with van der Waals surface area (Å²) in [6, 6.07) is 0. The van der Waals surface area contributed by atoms with Crippen LogP contribution in [0.4, 0.5) is 0 Å². The first-order chi connectivity index (χ1) is 4.31. The van der Waals surface area contributed by atoms with E-state index in [0.29, 0.717) is 6.61 Å². The lowest BCUT2D eigenvalue weighted by atomic mass is 10.5. The van der Waals surface area contributed by atoms with Gasteiger partial charge in [0.2, 0.25) is 0 Å². The summed E-state index contributed by atoms with van der Waals surface area (Å²) in [5.74, 6) is 0. The van der Waals surface area contributed by atoms with Gasteiger partial charge in [0.05, 0.1) is 6.61 Å². The Labute approximate surface area is 57.4 Å². The molecule has 0 fully saturated rings. The minimum absolute atomic E-state index is 0.568. The Kier molecular flexibility index (Phi) is 6.65. The monoisotopic (exact) mass is 151 g/mol. The predicted octanol–water partition coefficient (Wildman–Crippen LogP) is 1.24. The van der Waals surface area contributed by atoms with Crippen LogP contribution in [0.3, 0.4) is 0 Å². The molecule has 0 amide bonds. The van der Waals surface area contributed by atoms with Crippen LogP contribution in [-0.4, -0.2) is 18.0 Å². The molecule has 0 spiro atoms. The van der Waals surface area contributed by atoms with E-state index in [1.807, 2.05) is 13.8 Å². The van der Waals surface area contributed by atoms with E-state index in [-0.39, 0.29) is 0 Å². The van der Waals surface area contributed by atoms with E-state index in [2.05, 4.69) is 5.09 Å². The van der Waals surface area contributed by atoms with Gasteiger partial charge in [-0.05, 0) is 13.3 Å². The Morgan fingerprint density at radius 1 is 1.56 bits per heavy atom. The lowest BCUT2D eigenvalue weighted by Gasteiger charge is -2.08. The molecule has 0 aliphatic carbocycles. The summed E-state index contributed by atoms with van der Waals surface area (Å²) >= 11 is 0. The second-order valence-electron chi connectivity index (χ2n) is 1.60. The largest absolute Gasteiger partial charge is 0.338 e. The zero-order valence-electron chi connectivity index (χ0n) is 5.92. The van der Waals surface area contributed by atoms with Crippen molar-refractivity contribution in [2.45, 2.75) is 20.3 Å². The number of hydrogen-bond acceptors (Lipinski definition) is 3. The molecule has 0 heterocycles. The SMILES string of the molecule is CCCN[P@@](O)OCC. The van der Waals surface area contributed by atoms with E-state index in [1.165, 1.54) is 0 Å². The summed E-state index contributed by atoms with van der Waals surface area (Å²) in [6.07, 6.45) is 1.02. The Balaban J connectivity index is 2.95. The molecule has 4 heteroatoms. The zero-order valence-corrected chi connectivity index (χ0v) is 6.82. The van der Waals surface area contributed by atoms with Crippen LogP contribution in [0.25, 0.3) is 0 Å². The summed E-state index contributed by atoms with van der Waals surface area (Å²) in [7, 11) is -1.34. The van der Waals surface area contributed by atoms with E-state index >= 15 is 0 Å². The van der Waals surface area contributed by atoms with Gasteiger partial charge in [-0.3, -0.25) is 5.09 Å². The van der Waals surface area contributed by atoms with Gasteiger partial charge in [-0.15, -0.1) is 0 Å². The average Bonchev–Trinajstić information content (AvgIpc) is 1.85. The average molecular weight is 151 g/mol. The van der Waals surface area contributed by atoms with Crippen LogP contribution in [0.1, 0.15) is 20.3 Å². The summed E-state index contributed by atoms with van der Waals surface area (Å²) in [5, 5.41) is 2.83. The fraction of sp³-hybridized carbons (Fsp3) is 1.00. The molecule has 0 aromatic carbocycles. The highest BCUT2D eigenvalue weighted by molar-refractivity contribution is 7.43. The smallest absolute Gasteiger partial charge is 0.253 e. The van der Waals surface area contributed by atoms with Gasteiger partial charge in [-0.25, -0.2) is 0 Å². The molecule has 56 valence electrons. The second-order valence-corrected chi connectivity index (χ2v) is 2.72. The Morgan fingerprint density at radius 3 is 2.67 bits per heavy atom. The topological polar surface area (TPSA) is 41.5 Å². The van der Waals surface area contributed by atoms with Crippen molar-refractivity contribution in [3.63, 3.8) is 0 Å². The van der Waals surface area contributed by atoms with Crippen molar-refractivity contribution in [2.75, 3.05) is 13.2 Å². The molecule has 9 heavy (non-hydrogen) atoms. The molecule has 0 rings (SSSR count). The fourth-order valence-electron chi connectivity index (χ4n) is 0.375. The van der Waals surface area contributed by atoms with Gasteiger partial charge in [-0.2, -0.15) is 0 Å².